The number of benzene rings is 2. The first-order valence-corrected chi connectivity index (χ1v) is 8.82. The Morgan fingerprint density at radius 2 is 1.57 bits per heavy atom. The Labute approximate surface area is 166 Å². The van der Waals surface area contributed by atoms with Crippen molar-refractivity contribution in [3.63, 3.8) is 0 Å². The van der Waals surface area contributed by atoms with Crippen molar-refractivity contribution in [3.05, 3.63) is 88.0 Å². The molecule has 1 heterocycles. The van der Waals surface area contributed by atoms with Gasteiger partial charge in [-0.25, -0.2) is 4.39 Å². The van der Waals surface area contributed by atoms with Crippen molar-refractivity contribution in [2.75, 3.05) is 10.6 Å². The van der Waals surface area contributed by atoms with E-state index in [1.807, 2.05) is 32.0 Å². The van der Waals surface area contributed by atoms with E-state index in [-0.39, 0.29) is 22.2 Å². The molecular weight excluding hydrogens is 381 g/mol. The number of hydrogen-bond acceptors (Lipinski definition) is 3. The van der Waals surface area contributed by atoms with Crippen LogP contribution in [0.4, 0.5) is 15.8 Å². The van der Waals surface area contributed by atoms with Gasteiger partial charge in [-0.05, 0) is 67.4 Å². The van der Waals surface area contributed by atoms with Crippen molar-refractivity contribution >= 4 is 34.8 Å². The van der Waals surface area contributed by atoms with Crippen molar-refractivity contribution in [1.82, 2.24) is 4.98 Å². The molecule has 7 heteroatoms. The number of aryl methyl sites for hydroxylation is 2. The fourth-order valence-electron chi connectivity index (χ4n) is 2.72. The molecule has 0 radical (unpaired) electrons. The molecule has 3 aromatic rings. The number of aromatic nitrogens is 1. The number of carbonyl (C=O) groups is 2. The number of nitrogens with zero attached hydrogens (tertiary/aromatic N) is 1. The normalized spacial score (nSPS) is 10.4. The van der Waals surface area contributed by atoms with Crippen LogP contribution in [-0.4, -0.2) is 16.8 Å². The molecule has 0 atom stereocenters. The molecule has 142 valence electrons. The molecule has 0 saturated carbocycles. The number of halogens is 2. The molecule has 3 rings (SSSR count). The van der Waals surface area contributed by atoms with Crippen molar-refractivity contribution < 1.29 is 14.0 Å². The molecule has 5 nitrogen and oxygen atoms in total. The molecule has 2 aromatic carbocycles. The molecule has 0 saturated heterocycles. The van der Waals surface area contributed by atoms with Crippen molar-refractivity contribution in [2.24, 2.45) is 0 Å². The number of nitrogens with one attached hydrogen (secondary N) is 2. The van der Waals surface area contributed by atoms with Crippen LogP contribution in [0, 0.1) is 19.7 Å². The summed E-state index contributed by atoms with van der Waals surface area (Å²) < 4.78 is 13.2. The van der Waals surface area contributed by atoms with E-state index < -0.39 is 11.7 Å². The third-order valence-electron chi connectivity index (χ3n) is 3.91. The summed E-state index contributed by atoms with van der Waals surface area (Å²) in [7, 11) is 0. The zero-order chi connectivity index (χ0) is 20.3. The van der Waals surface area contributed by atoms with Crippen molar-refractivity contribution in [2.45, 2.75) is 13.8 Å². The maximum absolute atomic E-state index is 13.2. The largest absolute Gasteiger partial charge is 0.322 e. The average Bonchev–Trinajstić information content (AvgIpc) is 2.64. The van der Waals surface area contributed by atoms with Gasteiger partial charge in [0.15, 0.2) is 0 Å². The zero-order valence-corrected chi connectivity index (χ0v) is 16.0. The number of amides is 2. The van der Waals surface area contributed by atoms with E-state index in [9.17, 15) is 14.0 Å². The molecule has 0 fully saturated rings. The van der Waals surface area contributed by atoms with E-state index in [4.69, 9.17) is 11.6 Å². The van der Waals surface area contributed by atoms with E-state index >= 15 is 0 Å². The molecule has 28 heavy (non-hydrogen) atoms. The summed E-state index contributed by atoms with van der Waals surface area (Å²) in [6.45, 7) is 3.89. The number of hydrogen-bond donors (Lipinski definition) is 2. The molecule has 2 N–H and O–H groups in total. The van der Waals surface area contributed by atoms with E-state index in [1.165, 1.54) is 30.5 Å². The molecule has 0 aliphatic heterocycles. The number of anilines is 2. The predicted octanol–water partition coefficient (Wildman–Crippen LogP) is 5.00. The third kappa shape index (κ3) is 4.72. The van der Waals surface area contributed by atoms with Crippen molar-refractivity contribution in [3.8, 4) is 0 Å². The van der Waals surface area contributed by atoms with Gasteiger partial charge in [0.1, 0.15) is 11.5 Å². The van der Waals surface area contributed by atoms with Gasteiger partial charge in [0.05, 0.1) is 5.02 Å². The van der Waals surface area contributed by atoms with Gasteiger partial charge in [-0.3, -0.25) is 14.6 Å². The summed E-state index contributed by atoms with van der Waals surface area (Å²) in [5.74, 6) is -1.47. The second kappa shape index (κ2) is 8.19. The van der Waals surface area contributed by atoms with Crippen LogP contribution in [0.5, 0.6) is 0 Å². The lowest BCUT2D eigenvalue weighted by molar-refractivity contribution is 0.102. The van der Waals surface area contributed by atoms with E-state index in [0.717, 1.165) is 17.2 Å². The fraction of sp³-hybridized carbons (Fsp3) is 0.0952. The molecular formula is C21H17ClFN3O2. The van der Waals surface area contributed by atoms with Gasteiger partial charge in [0.2, 0.25) is 0 Å². The van der Waals surface area contributed by atoms with Gasteiger partial charge < -0.3 is 10.6 Å². The van der Waals surface area contributed by atoms with E-state index in [2.05, 4.69) is 15.6 Å². The van der Waals surface area contributed by atoms with Crippen LogP contribution < -0.4 is 10.6 Å². The Bertz CT molecular complexity index is 1050. The highest BCUT2D eigenvalue weighted by Gasteiger charge is 2.13. The van der Waals surface area contributed by atoms with Crippen LogP contribution in [0.3, 0.4) is 0 Å². The molecule has 0 bridgehead atoms. The smallest absolute Gasteiger partial charge is 0.274 e. The quantitative estimate of drug-likeness (QED) is 0.651. The van der Waals surface area contributed by atoms with Crippen molar-refractivity contribution in [1.29, 1.82) is 0 Å². The molecule has 0 aliphatic rings. The van der Waals surface area contributed by atoms with Crippen LogP contribution in [0.15, 0.2) is 54.7 Å². The topological polar surface area (TPSA) is 71.1 Å². The molecule has 0 aliphatic carbocycles. The maximum Gasteiger partial charge on any atom is 0.274 e. The summed E-state index contributed by atoms with van der Waals surface area (Å²) in [5, 5.41) is 5.28. The summed E-state index contributed by atoms with van der Waals surface area (Å²) in [4.78, 5) is 28.9. The zero-order valence-electron chi connectivity index (χ0n) is 15.2. The first-order valence-electron chi connectivity index (χ1n) is 8.44. The SMILES string of the molecule is Cc1cc(C)cc(NC(=O)c2ccnc(C(=O)Nc3ccc(F)c(Cl)c3)c2)c1. The molecule has 2 amide bonds. The lowest BCUT2D eigenvalue weighted by Crippen LogP contribution is -2.17. The van der Waals surface area contributed by atoms with Crippen LogP contribution in [0.1, 0.15) is 32.0 Å². The van der Waals surface area contributed by atoms with Gasteiger partial charge in [-0.2, -0.15) is 0 Å². The maximum atomic E-state index is 13.2. The minimum Gasteiger partial charge on any atom is -0.322 e. The Morgan fingerprint density at radius 3 is 2.25 bits per heavy atom. The molecule has 0 spiro atoms. The second-order valence-corrected chi connectivity index (χ2v) is 6.75. The van der Waals surface area contributed by atoms with Crippen LogP contribution in [0.25, 0.3) is 0 Å². The minimum absolute atomic E-state index is 0.0496. The Hall–Kier alpha value is -3.25. The second-order valence-electron chi connectivity index (χ2n) is 6.34. The van der Waals surface area contributed by atoms with Crippen LogP contribution in [0.2, 0.25) is 5.02 Å². The van der Waals surface area contributed by atoms with Gasteiger partial charge >= 0.3 is 0 Å². The third-order valence-corrected chi connectivity index (χ3v) is 4.20. The standard InChI is InChI=1S/C21H17ClFN3O2/c1-12-7-13(2)9-16(8-12)26-20(27)14-5-6-24-19(10-14)21(28)25-15-3-4-18(23)17(22)11-15/h3-11H,1-2H3,(H,25,28)(H,26,27). The van der Waals surface area contributed by atoms with Gasteiger partial charge in [0, 0.05) is 23.1 Å². The van der Waals surface area contributed by atoms with Gasteiger partial charge in [-0.1, -0.05) is 17.7 Å². The van der Waals surface area contributed by atoms with Crippen LogP contribution in [-0.2, 0) is 0 Å². The Morgan fingerprint density at radius 1 is 0.893 bits per heavy atom. The highest BCUT2D eigenvalue weighted by molar-refractivity contribution is 6.31. The minimum atomic E-state index is -0.581. The molecule has 1 aromatic heterocycles. The Kier molecular flexibility index (Phi) is 5.70. The lowest BCUT2D eigenvalue weighted by Gasteiger charge is -2.09. The Balaban J connectivity index is 1.76. The monoisotopic (exact) mass is 397 g/mol. The predicted molar refractivity (Wildman–Crippen MR) is 107 cm³/mol. The lowest BCUT2D eigenvalue weighted by atomic mass is 10.1. The van der Waals surface area contributed by atoms with Gasteiger partial charge in [0.25, 0.3) is 11.8 Å². The fourth-order valence-corrected chi connectivity index (χ4v) is 2.90. The summed E-state index contributed by atoms with van der Waals surface area (Å²) in [6, 6.07) is 12.5. The number of rotatable bonds is 4. The summed E-state index contributed by atoms with van der Waals surface area (Å²) in [5.41, 5.74) is 3.39. The van der Waals surface area contributed by atoms with Crippen LogP contribution >= 0.6 is 11.6 Å². The first-order chi connectivity index (χ1) is 13.3. The van der Waals surface area contributed by atoms with E-state index in [0.29, 0.717) is 11.4 Å². The first kappa shape index (κ1) is 19.5. The average molecular weight is 398 g/mol. The number of carbonyl (C=O) groups excluding carboxylic acids is 2. The summed E-state index contributed by atoms with van der Waals surface area (Å²) >= 11 is 5.71. The number of pyridine rings is 1. The highest BCUT2D eigenvalue weighted by Crippen LogP contribution is 2.20. The summed E-state index contributed by atoms with van der Waals surface area (Å²) in [6.07, 6.45) is 1.38. The van der Waals surface area contributed by atoms with Gasteiger partial charge in [-0.15, -0.1) is 0 Å². The highest BCUT2D eigenvalue weighted by atomic mass is 35.5. The van der Waals surface area contributed by atoms with E-state index in [1.54, 1.807) is 0 Å². The molecule has 0 unspecified atom stereocenters.